The third-order valence-electron chi connectivity index (χ3n) is 6.02. The molecule has 0 aliphatic carbocycles. The van der Waals surface area contributed by atoms with E-state index in [1.807, 2.05) is 0 Å². The van der Waals surface area contributed by atoms with E-state index in [4.69, 9.17) is 4.74 Å². The van der Waals surface area contributed by atoms with Crippen LogP contribution in [0.5, 0.6) is 5.75 Å². The van der Waals surface area contributed by atoms with Gasteiger partial charge in [0.05, 0.1) is 16.8 Å². The third-order valence-corrected chi connectivity index (χ3v) is 9.12. The Morgan fingerprint density at radius 2 is 1.61 bits per heavy atom. The van der Waals surface area contributed by atoms with Crippen molar-refractivity contribution in [2.75, 3.05) is 36.8 Å². The summed E-state index contributed by atoms with van der Waals surface area (Å²) >= 11 is 0. The van der Waals surface area contributed by atoms with Gasteiger partial charge in [0.1, 0.15) is 5.75 Å². The Hall–Kier alpha value is -2.43. The van der Waals surface area contributed by atoms with Crippen LogP contribution in [0.1, 0.15) is 41.6 Å². The van der Waals surface area contributed by atoms with Gasteiger partial charge in [-0.3, -0.25) is 9.10 Å². The van der Waals surface area contributed by atoms with Gasteiger partial charge in [-0.15, -0.1) is 0 Å². The summed E-state index contributed by atoms with van der Waals surface area (Å²) in [6.45, 7) is 1.31. The van der Waals surface area contributed by atoms with Crippen LogP contribution in [0.3, 0.4) is 0 Å². The zero-order valence-corrected chi connectivity index (χ0v) is 20.2. The van der Waals surface area contributed by atoms with Gasteiger partial charge in [0.2, 0.25) is 20.0 Å². The second kappa shape index (κ2) is 9.44. The summed E-state index contributed by atoms with van der Waals surface area (Å²) in [5, 5.41) is 0. The van der Waals surface area contributed by atoms with Gasteiger partial charge in [-0.1, -0.05) is 6.42 Å². The summed E-state index contributed by atoms with van der Waals surface area (Å²) in [5.41, 5.74) is 1.89. The van der Waals surface area contributed by atoms with E-state index in [1.165, 1.54) is 27.0 Å². The maximum atomic E-state index is 12.7. The highest BCUT2D eigenvalue weighted by molar-refractivity contribution is 7.92. The molecule has 1 fully saturated rings. The molecule has 10 heteroatoms. The van der Waals surface area contributed by atoms with Crippen LogP contribution in [0.4, 0.5) is 5.69 Å². The number of Topliss-reactive ketones (excluding diaryl/α,β-unsaturated/α-hetero) is 1. The molecule has 2 aromatic carbocycles. The average Bonchev–Trinajstić information content (AvgIpc) is 2.82. The number of hydrogen-bond donors (Lipinski definition) is 0. The first-order valence-corrected chi connectivity index (χ1v) is 14.3. The first-order chi connectivity index (χ1) is 15.7. The van der Waals surface area contributed by atoms with Gasteiger partial charge in [0, 0.05) is 25.2 Å². The van der Waals surface area contributed by atoms with Gasteiger partial charge >= 0.3 is 0 Å². The molecule has 0 aromatic heterocycles. The van der Waals surface area contributed by atoms with E-state index < -0.39 is 20.0 Å². The zero-order valence-electron chi connectivity index (χ0n) is 18.6. The summed E-state index contributed by atoms with van der Waals surface area (Å²) in [4.78, 5) is 12.9. The van der Waals surface area contributed by atoms with E-state index in [0.29, 0.717) is 49.5 Å². The Balaban J connectivity index is 1.41. The second-order valence-electron chi connectivity index (χ2n) is 8.43. The number of benzene rings is 2. The third kappa shape index (κ3) is 5.23. The lowest BCUT2D eigenvalue weighted by atomic mass is 9.99. The van der Waals surface area contributed by atoms with Crippen LogP contribution < -0.4 is 9.04 Å². The van der Waals surface area contributed by atoms with Crippen LogP contribution in [0.2, 0.25) is 0 Å². The summed E-state index contributed by atoms with van der Waals surface area (Å²) in [5.74, 6) is 0.168. The van der Waals surface area contributed by atoms with Crippen molar-refractivity contribution in [3.05, 3.63) is 53.6 Å². The molecule has 8 nitrogen and oxygen atoms in total. The Kier molecular flexibility index (Phi) is 6.78. The number of rotatable bonds is 7. The molecule has 0 bridgehead atoms. The number of carbonyl (C=O) groups is 1. The number of anilines is 1. The lowest BCUT2D eigenvalue weighted by Crippen LogP contribution is -2.35. The van der Waals surface area contributed by atoms with Crippen molar-refractivity contribution in [1.29, 1.82) is 0 Å². The van der Waals surface area contributed by atoms with Crippen LogP contribution in [-0.2, 0) is 26.5 Å². The fourth-order valence-corrected chi connectivity index (χ4v) is 6.79. The molecule has 0 unspecified atom stereocenters. The number of fused-ring (bicyclic) bond motifs is 1. The second-order valence-corrected chi connectivity index (χ2v) is 12.3. The van der Waals surface area contributed by atoms with Crippen LogP contribution in [0, 0.1) is 0 Å². The lowest BCUT2D eigenvalue weighted by molar-refractivity contribution is 0.0921. The molecule has 178 valence electrons. The number of piperidine rings is 1. The first-order valence-electron chi connectivity index (χ1n) is 11.0. The minimum atomic E-state index is -3.51. The quantitative estimate of drug-likeness (QED) is 0.551. The van der Waals surface area contributed by atoms with Crippen molar-refractivity contribution in [1.82, 2.24) is 4.31 Å². The maximum Gasteiger partial charge on any atom is 0.243 e. The molecular formula is C23H28N2O6S2. The maximum absolute atomic E-state index is 12.7. The molecular weight excluding hydrogens is 464 g/mol. The summed E-state index contributed by atoms with van der Waals surface area (Å²) in [7, 11) is -6.88. The topological polar surface area (TPSA) is 101 Å². The molecule has 2 heterocycles. The fraction of sp³-hybridized carbons (Fsp3) is 0.435. The average molecular weight is 493 g/mol. The van der Waals surface area contributed by atoms with E-state index in [0.717, 1.165) is 24.8 Å². The van der Waals surface area contributed by atoms with Gasteiger partial charge in [0.15, 0.2) is 12.4 Å². The highest BCUT2D eigenvalue weighted by Crippen LogP contribution is 2.30. The van der Waals surface area contributed by atoms with E-state index in [9.17, 15) is 21.6 Å². The van der Waals surface area contributed by atoms with Crippen molar-refractivity contribution in [3.8, 4) is 5.75 Å². The summed E-state index contributed by atoms with van der Waals surface area (Å²) in [6.07, 6.45) is 5.37. The van der Waals surface area contributed by atoms with Gasteiger partial charge in [0.25, 0.3) is 0 Å². The van der Waals surface area contributed by atoms with Crippen LogP contribution in [-0.4, -0.2) is 59.4 Å². The number of hydrogen-bond acceptors (Lipinski definition) is 6. The Bertz CT molecular complexity index is 1230. The molecule has 0 N–H and O–H groups in total. The summed E-state index contributed by atoms with van der Waals surface area (Å²) in [6, 6.07) is 11.1. The largest absolute Gasteiger partial charge is 0.485 e. The number of aryl methyl sites for hydroxylation is 1. The van der Waals surface area contributed by atoms with Crippen molar-refractivity contribution in [3.63, 3.8) is 0 Å². The standard InChI is InChI=1S/C23H28N2O6S2/c1-32(27,28)25-15-5-6-18-16-19(7-12-22(18)25)23(26)17-31-20-8-10-21(11-9-20)33(29,30)24-13-3-2-4-14-24/h7-12,16H,2-6,13-15,17H2,1H3. The van der Waals surface area contributed by atoms with Crippen molar-refractivity contribution >= 4 is 31.5 Å². The molecule has 0 amide bonds. The minimum Gasteiger partial charge on any atom is -0.485 e. The Labute approximate surface area is 195 Å². The molecule has 2 aliphatic rings. The molecule has 1 saturated heterocycles. The smallest absolute Gasteiger partial charge is 0.243 e. The van der Waals surface area contributed by atoms with E-state index in [1.54, 1.807) is 30.3 Å². The highest BCUT2D eigenvalue weighted by atomic mass is 32.2. The predicted molar refractivity (Wildman–Crippen MR) is 126 cm³/mol. The highest BCUT2D eigenvalue weighted by Gasteiger charge is 2.26. The Morgan fingerprint density at radius 1 is 0.909 bits per heavy atom. The van der Waals surface area contributed by atoms with Gasteiger partial charge in [-0.25, -0.2) is 16.8 Å². The summed E-state index contributed by atoms with van der Waals surface area (Å²) < 4.78 is 58.0. The van der Waals surface area contributed by atoms with E-state index in [-0.39, 0.29) is 17.3 Å². The minimum absolute atomic E-state index is 0.202. The predicted octanol–water partition coefficient (Wildman–Crippen LogP) is 2.84. The number of sulfonamides is 2. The van der Waals surface area contributed by atoms with Crippen LogP contribution in [0.25, 0.3) is 0 Å². The van der Waals surface area contributed by atoms with Crippen molar-refractivity contribution in [2.45, 2.75) is 37.0 Å². The monoisotopic (exact) mass is 492 g/mol. The molecule has 2 aliphatic heterocycles. The molecule has 4 rings (SSSR count). The number of nitrogens with zero attached hydrogens (tertiary/aromatic N) is 2. The number of ether oxygens (including phenoxy) is 1. The van der Waals surface area contributed by atoms with Crippen molar-refractivity contribution in [2.24, 2.45) is 0 Å². The lowest BCUT2D eigenvalue weighted by Gasteiger charge is -2.29. The first kappa shape index (κ1) is 23.7. The molecule has 0 radical (unpaired) electrons. The van der Waals surface area contributed by atoms with Gasteiger partial charge in [-0.05, 0) is 73.7 Å². The molecule has 33 heavy (non-hydrogen) atoms. The number of carbonyl (C=O) groups excluding carboxylic acids is 1. The SMILES string of the molecule is CS(=O)(=O)N1CCCc2cc(C(=O)COc3ccc(S(=O)(=O)N4CCCCC4)cc3)ccc21. The van der Waals surface area contributed by atoms with Gasteiger partial charge < -0.3 is 4.74 Å². The van der Waals surface area contributed by atoms with Gasteiger partial charge in [-0.2, -0.15) is 4.31 Å². The number of ketones is 1. The molecule has 0 saturated carbocycles. The Morgan fingerprint density at radius 3 is 2.27 bits per heavy atom. The van der Waals surface area contributed by atoms with Crippen LogP contribution >= 0.6 is 0 Å². The van der Waals surface area contributed by atoms with E-state index >= 15 is 0 Å². The molecule has 0 spiro atoms. The van der Waals surface area contributed by atoms with Crippen LogP contribution in [0.15, 0.2) is 47.4 Å². The molecule has 0 atom stereocenters. The normalized spacial score (nSPS) is 17.4. The fourth-order valence-electron chi connectivity index (χ4n) is 4.27. The van der Waals surface area contributed by atoms with E-state index in [2.05, 4.69) is 0 Å². The van der Waals surface area contributed by atoms with Crippen molar-refractivity contribution < 1.29 is 26.4 Å². The zero-order chi connectivity index (χ0) is 23.6. The molecule has 2 aromatic rings.